The van der Waals surface area contributed by atoms with E-state index in [1.807, 2.05) is 0 Å². The summed E-state index contributed by atoms with van der Waals surface area (Å²) in [5.41, 5.74) is 0.314. The first-order valence-corrected chi connectivity index (χ1v) is 5.83. The zero-order chi connectivity index (χ0) is 11.6. The van der Waals surface area contributed by atoms with Crippen molar-refractivity contribution >= 4 is 81.5 Å². The lowest BCUT2D eigenvalue weighted by Gasteiger charge is -2.05. The van der Waals surface area contributed by atoms with Gasteiger partial charge in [0.05, 0.1) is 16.3 Å². The van der Waals surface area contributed by atoms with Gasteiger partial charge in [-0.1, -0.05) is 69.6 Å². The fourth-order valence-corrected chi connectivity index (χ4v) is 1.86. The van der Waals surface area contributed by atoms with E-state index in [0.29, 0.717) is 10.7 Å². The summed E-state index contributed by atoms with van der Waals surface area (Å²) in [6.45, 7) is 0. The van der Waals surface area contributed by atoms with Gasteiger partial charge in [-0.25, -0.2) is 0 Å². The Labute approximate surface area is 117 Å². The fraction of sp³-hybridized carbons (Fsp3) is 0.125. The first kappa shape index (κ1) is 13.7. The van der Waals surface area contributed by atoms with Crippen LogP contribution in [-0.2, 0) is 0 Å². The molecule has 0 spiro atoms. The average molecular weight is 326 g/mol. The predicted octanol–water partition coefficient (Wildman–Crippen LogP) is 5.72. The van der Waals surface area contributed by atoms with Crippen molar-refractivity contribution in [1.29, 1.82) is 0 Å². The lowest BCUT2D eigenvalue weighted by molar-refractivity contribution is 1.49. The molecule has 7 heteroatoms. The molecule has 0 atom stereocenters. The van der Waals surface area contributed by atoms with Crippen LogP contribution in [0.5, 0.6) is 0 Å². The number of aliphatic imine (C=N–C) groups is 1. The highest BCUT2D eigenvalue weighted by atomic mass is 35.6. The molecular formula is C8H3Cl6N. The number of rotatable bonds is 1. The summed E-state index contributed by atoms with van der Waals surface area (Å²) in [5, 5.41) is 0.994. The van der Waals surface area contributed by atoms with Gasteiger partial charge in [0.2, 0.25) is 3.79 Å². The monoisotopic (exact) mass is 323 g/mol. The molecule has 0 amide bonds. The molecule has 0 fully saturated rings. The van der Waals surface area contributed by atoms with Crippen LogP contribution in [0.1, 0.15) is 0 Å². The van der Waals surface area contributed by atoms with E-state index in [0.717, 1.165) is 6.21 Å². The van der Waals surface area contributed by atoms with Crippen LogP contribution in [0.3, 0.4) is 0 Å². The quantitative estimate of drug-likeness (QED) is 0.462. The summed E-state index contributed by atoms with van der Waals surface area (Å²) in [5.74, 6) is 0. The molecule has 1 rings (SSSR count). The molecule has 0 saturated heterocycles. The largest absolute Gasteiger partial charge is 0.254 e. The van der Waals surface area contributed by atoms with E-state index in [1.165, 1.54) is 12.1 Å². The Bertz CT molecular complexity index is 372. The van der Waals surface area contributed by atoms with Gasteiger partial charge in [-0.3, -0.25) is 4.99 Å². The van der Waals surface area contributed by atoms with Crippen LogP contribution in [0, 0.1) is 0 Å². The maximum atomic E-state index is 5.85. The SMILES string of the molecule is Clc1cc(Cl)c(N=CC(Cl)(Cl)Cl)c(Cl)c1. The van der Waals surface area contributed by atoms with Crippen LogP contribution in [0.15, 0.2) is 17.1 Å². The summed E-state index contributed by atoms with van der Waals surface area (Å²) in [6, 6.07) is 3.00. The van der Waals surface area contributed by atoms with Crippen molar-refractivity contribution in [3.63, 3.8) is 0 Å². The molecule has 0 heterocycles. The number of alkyl halides is 3. The number of nitrogens with zero attached hydrogens (tertiary/aromatic N) is 1. The zero-order valence-electron chi connectivity index (χ0n) is 6.95. The Kier molecular flexibility index (Phi) is 4.85. The number of benzene rings is 1. The maximum absolute atomic E-state index is 5.85. The topological polar surface area (TPSA) is 12.4 Å². The molecule has 1 aromatic carbocycles. The van der Waals surface area contributed by atoms with E-state index in [1.54, 1.807) is 0 Å². The van der Waals surface area contributed by atoms with E-state index in [9.17, 15) is 0 Å². The summed E-state index contributed by atoms with van der Waals surface area (Å²) in [7, 11) is 0. The zero-order valence-corrected chi connectivity index (χ0v) is 11.5. The molecule has 0 saturated carbocycles. The average Bonchev–Trinajstić information content (AvgIpc) is 1.99. The fourth-order valence-electron chi connectivity index (χ4n) is 0.796. The molecule has 0 aliphatic rings. The third-order valence-corrected chi connectivity index (χ3v) is 2.41. The molecule has 1 aromatic rings. The van der Waals surface area contributed by atoms with E-state index in [-0.39, 0.29) is 10.0 Å². The number of halogens is 6. The van der Waals surface area contributed by atoms with Crippen molar-refractivity contribution < 1.29 is 0 Å². The Balaban J connectivity index is 3.11. The highest BCUT2D eigenvalue weighted by molar-refractivity contribution is 6.74. The third-order valence-electron chi connectivity index (χ3n) is 1.32. The van der Waals surface area contributed by atoms with Gasteiger partial charge in [0.25, 0.3) is 0 Å². The summed E-state index contributed by atoms with van der Waals surface area (Å²) < 4.78 is -1.59. The molecule has 82 valence electrons. The minimum atomic E-state index is -1.59. The van der Waals surface area contributed by atoms with E-state index < -0.39 is 3.79 Å². The minimum absolute atomic E-state index is 0.290. The molecule has 0 aliphatic heterocycles. The smallest absolute Gasteiger partial charge is 0.225 e. The van der Waals surface area contributed by atoms with Crippen LogP contribution in [-0.4, -0.2) is 10.0 Å². The second-order valence-corrected chi connectivity index (χ2v) is 6.14. The van der Waals surface area contributed by atoms with Gasteiger partial charge in [-0.2, -0.15) is 0 Å². The Hall–Kier alpha value is 0.630. The second kappa shape index (κ2) is 5.31. The highest BCUT2D eigenvalue weighted by Crippen LogP contribution is 2.36. The molecule has 0 bridgehead atoms. The van der Waals surface area contributed by atoms with Crippen molar-refractivity contribution in [2.45, 2.75) is 3.79 Å². The molecule has 15 heavy (non-hydrogen) atoms. The Morgan fingerprint density at radius 3 is 1.87 bits per heavy atom. The second-order valence-electron chi connectivity index (χ2n) is 2.52. The Morgan fingerprint density at radius 2 is 1.47 bits per heavy atom. The van der Waals surface area contributed by atoms with Crippen molar-refractivity contribution in [3.8, 4) is 0 Å². The predicted molar refractivity (Wildman–Crippen MR) is 69.9 cm³/mol. The van der Waals surface area contributed by atoms with Crippen molar-refractivity contribution in [3.05, 3.63) is 27.2 Å². The van der Waals surface area contributed by atoms with Crippen molar-refractivity contribution in [2.75, 3.05) is 0 Å². The van der Waals surface area contributed by atoms with Crippen LogP contribution in [0.2, 0.25) is 15.1 Å². The Morgan fingerprint density at radius 1 is 1.00 bits per heavy atom. The van der Waals surface area contributed by atoms with E-state index in [4.69, 9.17) is 69.6 Å². The van der Waals surface area contributed by atoms with Gasteiger partial charge in [-0.15, -0.1) is 0 Å². The van der Waals surface area contributed by atoms with E-state index in [2.05, 4.69) is 4.99 Å². The lowest BCUT2D eigenvalue weighted by atomic mass is 10.3. The number of hydrogen-bond acceptors (Lipinski definition) is 1. The maximum Gasteiger partial charge on any atom is 0.225 e. The first-order valence-electron chi connectivity index (χ1n) is 3.56. The van der Waals surface area contributed by atoms with Crippen molar-refractivity contribution in [2.24, 2.45) is 4.99 Å². The van der Waals surface area contributed by atoms with Gasteiger partial charge in [0.15, 0.2) is 0 Å². The molecule has 0 radical (unpaired) electrons. The molecular weight excluding hydrogens is 323 g/mol. The van der Waals surface area contributed by atoms with Crippen LogP contribution >= 0.6 is 69.6 Å². The summed E-state index contributed by atoms with van der Waals surface area (Å²) in [6.07, 6.45) is 1.11. The van der Waals surface area contributed by atoms with Crippen LogP contribution in [0.25, 0.3) is 0 Å². The third kappa shape index (κ3) is 4.56. The molecule has 0 aliphatic carbocycles. The first-order chi connectivity index (χ1) is 6.79. The normalized spacial score (nSPS) is 12.4. The number of hydrogen-bond donors (Lipinski definition) is 0. The highest BCUT2D eigenvalue weighted by Gasteiger charge is 2.16. The summed E-state index contributed by atoms with van der Waals surface area (Å²) in [4.78, 5) is 3.87. The van der Waals surface area contributed by atoms with Gasteiger partial charge in [-0.05, 0) is 12.1 Å². The molecule has 0 unspecified atom stereocenters. The molecule has 0 N–H and O–H groups in total. The van der Waals surface area contributed by atoms with Crippen LogP contribution in [0.4, 0.5) is 5.69 Å². The molecule has 0 aromatic heterocycles. The minimum Gasteiger partial charge on any atom is -0.254 e. The van der Waals surface area contributed by atoms with Gasteiger partial charge in [0, 0.05) is 5.02 Å². The van der Waals surface area contributed by atoms with Gasteiger partial charge >= 0.3 is 0 Å². The standard InChI is InChI=1S/C8H3Cl6N/c9-4-1-5(10)7(6(11)2-4)15-3-8(12,13)14/h1-3H. The van der Waals surface area contributed by atoms with Gasteiger partial charge < -0.3 is 0 Å². The summed E-state index contributed by atoms with van der Waals surface area (Å²) >= 11 is 33.9. The lowest BCUT2D eigenvalue weighted by Crippen LogP contribution is -2.02. The van der Waals surface area contributed by atoms with E-state index >= 15 is 0 Å². The molecule has 1 nitrogen and oxygen atoms in total. The van der Waals surface area contributed by atoms with Gasteiger partial charge in [0.1, 0.15) is 5.69 Å². The van der Waals surface area contributed by atoms with Crippen molar-refractivity contribution in [1.82, 2.24) is 0 Å². The van der Waals surface area contributed by atoms with Crippen LogP contribution < -0.4 is 0 Å².